The Balaban J connectivity index is 2.35. The summed E-state index contributed by atoms with van der Waals surface area (Å²) >= 11 is 6.12. The molecule has 0 saturated heterocycles. The van der Waals surface area contributed by atoms with E-state index in [2.05, 4.69) is 10.1 Å². The molecule has 6 heteroatoms. The minimum Gasteiger partial charge on any atom is -0.383 e. The molecule has 0 saturated carbocycles. The first-order chi connectivity index (χ1) is 9.15. The Hall–Kier alpha value is -1.43. The van der Waals surface area contributed by atoms with Crippen molar-refractivity contribution in [1.82, 2.24) is 14.8 Å². The number of nitrogens with zero attached hydrogens (tertiary/aromatic N) is 3. The Bertz CT molecular complexity index is 557. The zero-order chi connectivity index (χ0) is 13.8. The minimum absolute atomic E-state index is 0.437. The zero-order valence-electron chi connectivity index (χ0n) is 10.9. The molecule has 0 amide bonds. The van der Waals surface area contributed by atoms with Gasteiger partial charge in [-0.2, -0.15) is 5.10 Å². The molecule has 1 atom stereocenters. The largest absolute Gasteiger partial charge is 0.383 e. The summed E-state index contributed by atoms with van der Waals surface area (Å²) in [5.41, 5.74) is 2.25. The van der Waals surface area contributed by atoms with Gasteiger partial charge in [0, 0.05) is 25.1 Å². The summed E-state index contributed by atoms with van der Waals surface area (Å²) in [6, 6.07) is 1.85. The van der Waals surface area contributed by atoms with E-state index < -0.39 is 6.10 Å². The number of ether oxygens (including phenoxy) is 1. The van der Waals surface area contributed by atoms with E-state index >= 15 is 0 Å². The molecule has 2 heterocycles. The van der Waals surface area contributed by atoms with Gasteiger partial charge in [0.25, 0.3) is 0 Å². The monoisotopic (exact) mass is 281 g/mol. The molecule has 0 fully saturated rings. The normalized spacial score (nSPS) is 12.6. The summed E-state index contributed by atoms with van der Waals surface area (Å²) in [5, 5.41) is 15.1. The summed E-state index contributed by atoms with van der Waals surface area (Å²) < 4.78 is 6.68. The lowest BCUT2D eigenvalue weighted by Gasteiger charge is -2.15. The van der Waals surface area contributed by atoms with Crippen molar-refractivity contribution in [1.29, 1.82) is 0 Å². The van der Waals surface area contributed by atoms with Gasteiger partial charge >= 0.3 is 0 Å². The molecule has 0 aliphatic heterocycles. The van der Waals surface area contributed by atoms with Crippen molar-refractivity contribution in [3.8, 4) is 0 Å². The van der Waals surface area contributed by atoms with Gasteiger partial charge in [-0.1, -0.05) is 11.6 Å². The van der Waals surface area contributed by atoms with Crippen LogP contribution in [0.1, 0.15) is 22.9 Å². The molecule has 0 aliphatic carbocycles. The van der Waals surface area contributed by atoms with E-state index in [0.29, 0.717) is 23.9 Å². The van der Waals surface area contributed by atoms with E-state index in [1.54, 1.807) is 24.2 Å². The lowest BCUT2D eigenvalue weighted by Crippen LogP contribution is -2.14. The lowest BCUT2D eigenvalue weighted by atomic mass is 10.0. The summed E-state index contributed by atoms with van der Waals surface area (Å²) in [4.78, 5) is 4.04. The lowest BCUT2D eigenvalue weighted by molar-refractivity contribution is 0.171. The maximum absolute atomic E-state index is 10.5. The fraction of sp³-hybridized carbons (Fsp3) is 0.385. The van der Waals surface area contributed by atoms with Gasteiger partial charge in [-0.25, -0.2) is 0 Å². The molecule has 2 aromatic heterocycles. The van der Waals surface area contributed by atoms with Crippen LogP contribution in [0.5, 0.6) is 0 Å². The molecule has 0 aromatic carbocycles. The Kier molecular flexibility index (Phi) is 4.52. The molecule has 5 nitrogen and oxygen atoms in total. The van der Waals surface area contributed by atoms with Crippen LogP contribution >= 0.6 is 11.6 Å². The highest BCUT2D eigenvalue weighted by Gasteiger charge is 2.21. The van der Waals surface area contributed by atoms with Gasteiger partial charge in [0.2, 0.25) is 0 Å². The number of aliphatic hydroxyl groups excluding tert-OH is 1. The van der Waals surface area contributed by atoms with Crippen LogP contribution in [0.3, 0.4) is 0 Å². The molecule has 19 heavy (non-hydrogen) atoms. The molecule has 2 rings (SSSR count). The summed E-state index contributed by atoms with van der Waals surface area (Å²) in [6.07, 6.45) is 4.02. The van der Waals surface area contributed by atoms with Gasteiger partial charge in [-0.3, -0.25) is 9.67 Å². The van der Waals surface area contributed by atoms with E-state index in [1.807, 2.05) is 13.0 Å². The average Bonchev–Trinajstić information content (AvgIpc) is 2.77. The second kappa shape index (κ2) is 6.14. The Morgan fingerprint density at radius 1 is 1.47 bits per heavy atom. The predicted molar refractivity (Wildman–Crippen MR) is 72.1 cm³/mol. The van der Waals surface area contributed by atoms with Gasteiger partial charge in [0.05, 0.1) is 30.1 Å². The average molecular weight is 282 g/mol. The van der Waals surface area contributed by atoms with E-state index in [4.69, 9.17) is 16.3 Å². The van der Waals surface area contributed by atoms with Crippen LogP contribution in [0, 0.1) is 6.92 Å². The maximum Gasteiger partial charge on any atom is 0.124 e. The third kappa shape index (κ3) is 2.94. The van der Waals surface area contributed by atoms with Gasteiger partial charge in [0.1, 0.15) is 6.10 Å². The number of hydrogen-bond acceptors (Lipinski definition) is 4. The van der Waals surface area contributed by atoms with E-state index in [-0.39, 0.29) is 0 Å². The van der Waals surface area contributed by atoms with Crippen LogP contribution in [0.4, 0.5) is 0 Å². The smallest absolute Gasteiger partial charge is 0.124 e. The Labute approximate surface area is 116 Å². The van der Waals surface area contributed by atoms with Crippen molar-refractivity contribution in [3.05, 3.63) is 46.5 Å². The number of methoxy groups -OCH3 is 1. The molecule has 102 valence electrons. The molecule has 1 N–H and O–H groups in total. The summed E-state index contributed by atoms with van der Waals surface area (Å²) in [7, 11) is 1.62. The van der Waals surface area contributed by atoms with Crippen molar-refractivity contribution in [2.24, 2.45) is 0 Å². The van der Waals surface area contributed by atoms with Crippen molar-refractivity contribution in [2.75, 3.05) is 13.7 Å². The number of hydrogen-bond donors (Lipinski definition) is 1. The highest BCUT2D eigenvalue weighted by molar-refractivity contribution is 6.31. The number of halogens is 1. The Morgan fingerprint density at radius 3 is 2.95 bits per heavy atom. The third-order valence-corrected chi connectivity index (χ3v) is 3.26. The van der Waals surface area contributed by atoms with Gasteiger partial charge < -0.3 is 9.84 Å². The van der Waals surface area contributed by atoms with E-state index in [1.165, 1.54) is 6.20 Å². The van der Waals surface area contributed by atoms with Crippen LogP contribution < -0.4 is 0 Å². The van der Waals surface area contributed by atoms with Crippen LogP contribution in [0.25, 0.3) is 0 Å². The Morgan fingerprint density at radius 2 is 2.26 bits per heavy atom. The first-order valence-corrected chi connectivity index (χ1v) is 6.31. The molecule has 2 aromatic rings. The standard InChI is InChI=1S/C13H16ClN3O2/c1-9-3-4-15-7-10(9)13(18)12-11(14)8-16-17(12)5-6-19-2/h3-4,7-8,13,18H,5-6H2,1-2H3. The van der Waals surface area contributed by atoms with Gasteiger partial charge in [-0.15, -0.1) is 0 Å². The molecular formula is C13H16ClN3O2. The third-order valence-electron chi connectivity index (χ3n) is 2.97. The van der Waals surface area contributed by atoms with Crippen LogP contribution in [-0.4, -0.2) is 33.6 Å². The topological polar surface area (TPSA) is 60.2 Å². The highest BCUT2D eigenvalue weighted by atomic mass is 35.5. The van der Waals surface area contributed by atoms with E-state index in [0.717, 1.165) is 11.1 Å². The van der Waals surface area contributed by atoms with E-state index in [9.17, 15) is 5.11 Å². The van der Waals surface area contributed by atoms with Crippen molar-refractivity contribution < 1.29 is 9.84 Å². The van der Waals surface area contributed by atoms with Crippen LogP contribution in [0.15, 0.2) is 24.7 Å². The first-order valence-electron chi connectivity index (χ1n) is 5.94. The molecule has 0 spiro atoms. The second-order valence-electron chi connectivity index (χ2n) is 4.23. The summed E-state index contributed by atoms with van der Waals surface area (Å²) in [6.45, 7) is 2.96. The second-order valence-corrected chi connectivity index (χ2v) is 4.64. The van der Waals surface area contributed by atoms with Crippen molar-refractivity contribution >= 4 is 11.6 Å². The summed E-state index contributed by atoms with van der Waals surface area (Å²) in [5.74, 6) is 0. The molecule has 0 aliphatic rings. The fourth-order valence-electron chi connectivity index (χ4n) is 1.91. The number of pyridine rings is 1. The number of aliphatic hydroxyl groups is 1. The fourth-order valence-corrected chi connectivity index (χ4v) is 2.15. The first kappa shape index (κ1) is 14.0. The molecule has 0 radical (unpaired) electrons. The van der Waals surface area contributed by atoms with Gasteiger partial charge in [-0.05, 0) is 18.6 Å². The minimum atomic E-state index is -0.847. The van der Waals surface area contributed by atoms with Crippen LogP contribution in [-0.2, 0) is 11.3 Å². The number of aryl methyl sites for hydroxylation is 1. The molecule has 0 bridgehead atoms. The predicted octanol–water partition coefficient (Wildman–Crippen LogP) is 1.97. The molecule has 1 unspecified atom stereocenters. The zero-order valence-corrected chi connectivity index (χ0v) is 11.6. The molecular weight excluding hydrogens is 266 g/mol. The highest BCUT2D eigenvalue weighted by Crippen LogP contribution is 2.29. The quantitative estimate of drug-likeness (QED) is 0.910. The van der Waals surface area contributed by atoms with Crippen molar-refractivity contribution in [3.63, 3.8) is 0 Å². The van der Waals surface area contributed by atoms with Crippen LogP contribution in [0.2, 0.25) is 5.02 Å². The maximum atomic E-state index is 10.5. The van der Waals surface area contributed by atoms with Gasteiger partial charge in [0.15, 0.2) is 0 Å². The number of aromatic nitrogens is 3. The number of rotatable bonds is 5. The SMILES string of the molecule is COCCn1ncc(Cl)c1C(O)c1cnccc1C. The van der Waals surface area contributed by atoms with Crippen molar-refractivity contribution in [2.45, 2.75) is 19.6 Å².